The summed E-state index contributed by atoms with van der Waals surface area (Å²) in [4.78, 5) is 24.6. The Labute approximate surface area is 182 Å². The number of hydrogen-bond donors (Lipinski definition) is 2. The number of ether oxygens (including phenoxy) is 2. The van der Waals surface area contributed by atoms with Gasteiger partial charge in [-0.05, 0) is 42.0 Å². The van der Waals surface area contributed by atoms with Crippen LogP contribution in [0.15, 0.2) is 72.8 Å². The van der Waals surface area contributed by atoms with Crippen LogP contribution in [-0.2, 0) is 11.3 Å². The molecule has 3 rings (SSSR count). The summed E-state index contributed by atoms with van der Waals surface area (Å²) in [5.74, 6) is -1.43. The molecule has 0 aromatic heterocycles. The average molecular weight is 444 g/mol. The maximum Gasteiger partial charge on any atom is 0.387 e. The number of nitrogens with one attached hydrogen (secondary N) is 2. The van der Waals surface area contributed by atoms with E-state index in [1.807, 2.05) is 0 Å². The zero-order valence-electron chi connectivity index (χ0n) is 16.7. The highest BCUT2D eigenvalue weighted by atomic mass is 19.3. The van der Waals surface area contributed by atoms with Gasteiger partial charge in [0, 0.05) is 6.54 Å². The number of para-hydroxylation sites is 2. The summed E-state index contributed by atoms with van der Waals surface area (Å²) < 4.78 is 47.8. The molecule has 0 atom stereocenters. The van der Waals surface area contributed by atoms with Crippen molar-refractivity contribution in [3.63, 3.8) is 0 Å². The van der Waals surface area contributed by atoms with Crippen LogP contribution in [0.5, 0.6) is 11.5 Å². The first kappa shape index (κ1) is 22.7. The van der Waals surface area contributed by atoms with E-state index in [2.05, 4.69) is 15.4 Å². The maximum atomic E-state index is 13.6. The Morgan fingerprint density at radius 2 is 1.59 bits per heavy atom. The van der Waals surface area contributed by atoms with Crippen LogP contribution in [0, 0.1) is 5.82 Å². The number of hydrogen-bond acceptors (Lipinski definition) is 4. The van der Waals surface area contributed by atoms with Gasteiger partial charge < -0.3 is 20.1 Å². The Morgan fingerprint density at radius 3 is 2.31 bits per heavy atom. The first-order valence-corrected chi connectivity index (χ1v) is 9.50. The van der Waals surface area contributed by atoms with Crippen LogP contribution in [0.3, 0.4) is 0 Å². The van der Waals surface area contributed by atoms with E-state index in [0.717, 1.165) is 0 Å². The predicted molar refractivity (Wildman–Crippen MR) is 111 cm³/mol. The standard InChI is InChI=1S/C23H19F3N2O4/c24-18-6-2-3-7-19(18)28-21(29)14-31-20-8-4-1-5-17(20)22(30)27-13-15-9-11-16(12-10-15)32-23(25)26/h1-12,23H,13-14H2,(H,27,30)(H,28,29). The molecule has 0 aliphatic rings. The van der Waals surface area contributed by atoms with Gasteiger partial charge in [-0.3, -0.25) is 9.59 Å². The van der Waals surface area contributed by atoms with E-state index in [1.165, 1.54) is 42.5 Å². The minimum absolute atomic E-state index is 0.0162. The molecule has 166 valence electrons. The van der Waals surface area contributed by atoms with Crippen molar-refractivity contribution in [2.45, 2.75) is 13.2 Å². The van der Waals surface area contributed by atoms with Crippen molar-refractivity contribution in [1.82, 2.24) is 5.32 Å². The fourth-order valence-electron chi connectivity index (χ4n) is 2.74. The topological polar surface area (TPSA) is 76.7 Å². The number of carbonyl (C=O) groups excluding carboxylic acids is 2. The molecule has 32 heavy (non-hydrogen) atoms. The van der Waals surface area contributed by atoms with Crippen molar-refractivity contribution in [3.05, 3.63) is 89.7 Å². The molecule has 0 fully saturated rings. The SMILES string of the molecule is O=C(COc1ccccc1C(=O)NCc1ccc(OC(F)F)cc1)Nc1ccccc1F. The first-order chi connectivity index (χ1) is 15.4. The number of rotatable bonds is 9. The first-order valence-electron chi connectivity index (χ1n) is 9.50. The molecular formula is C23H19F3N2O4. The van der Waals surface area contributed by atoms with Crippen molar-refractivity contribution in [2.24, 2.45) is 0 Å². The normalized spacial score (nSPS) is 10.5. The zero-order chi connectivity index (χ0) is 22.9. The van der Waals surface area contributed by atoms with Gasteiger partial charge in [0.25, 0.3) is 11.8 Å². The monoisotopic (exact) mass is 444 g/mol. The summed E-state index contributed by atoms with van der Waals surface area (Å²) in [5.41, 5.74) is 0.892. The van der Waals surface area contributed by atoms with Gasteiger partial charge in [0.15, 0.2) is 6.61 Å². The van der Waals surface area contributed by atoms with Gasteiger partial charge in [-0.1, -0.05) is 36.4 Å². The Hall–Kier alpha value is -4.01. The van der Waals surface area contributed by atoms with E-state index >= 15 is 0 Å². The molecule has 2 N–H and O–H groups in total. The number of halogens is 3. The van der Waals surface area contributed by atoms with Crippen molar-refractivity contribution >= 4 is 17.5 Å². The molecule has 0 saturated heterocycles. The molecule has 0 spiro atoms. The summed E-state index contributed by atoms with van der Waals surface area (Å²) >= 11 is 0. The van der Waals surface area contributed by atoms with E-state index in [-0.39, 0.29) is 29.3 Å². The molecule has 9 heteroatoms. The van der Waals surface area contributed by atoms with E-state index in [0.29, 0.717) is 5.56 Å². The molecule has 0 bridgehead atoms. The molecule has 0 unspecified atom stereocenters. The quantitative estimate of drug-likeness (QED) is 0.514. The minimum atomic E-state index is -2.91. The molecule has 0 heterocycles. The van der Waals surface area contributed by atoms with Crippen LogP contribution in [0.1, 0.15) is 15.9 Å². The smallest absolute Gasteiger partial charge is 0.387 e. The third kappa shape index (κ3) is 6.49. The molecule has 0 aliphatic heterocycles. The van der Waals surface area contributed by atoms with E-state index < -0.39 is 30.8 Å². The summed E-state index contributed by atoms with van der Waals surface area (Å²) in [6, 6.07) is 17.9. The molecule has 2 amide bonds. The highest BCUT2D eigenvalue weighted by Crippen LogP contribution is 2.19. The summed E-state index contributed by atoms with van der Waals surface area (Å²) in [6.07, 6.45) is 0. The second-order valence-corrected chi connectivity index (χ2v) is 6.52. The fourth-order valence-corrected chi connectivity index (χ4v) is 2.74. The van der Waals surface area contributed by atoms with Crippen LogP contribution >= 0.6 is 0 Å². The van der Waals surface area contributed by atoms with Crippen LogP contribution in [-0.4, -0.2) is 25.0 Å². The van der Waals surface area contributed by atoms with Gasteiger partial charge >= 0.3 is 6.61 Å². The molecule has 6 nitrogen and oxygen atoms in total. The van der Waals surface area contributed by atoms with Crippen molar-refractivity contribution in [1.29, 1.82) is 0 Å². The predicted octanol–water partition coefficient (Wildman–Crippen LogP) is 4.37. The lowest BCUT2D eigenvalue weighted by atomic mass is 10.1. The van der Waals surface area contributed by atoms with Crippen molar-refractivity contribution < 1.29 is 32.2 Å². The van der Waals surface area contributed by atoms with E-state index in [4.69, 9.17) is 4.74 Å². The minimum Gasteiger partial charge on any atom is -0.483 e. The third-order valence-electron chi connectivity index (χ3n) is 4.24. The lowest BCUT2D eigenvalue weighted by Crippen LogP contribution is -2.25. The lowest BCUT2D eigenvalue weighted by Gasteiger charge is -2.12. The second-order valence-electron chi connectivity index (χ2n) is 6.52. The number of amides is 2. The Balaban J connectivity index is 1.56. The number of anilines is 1. The third-order valence-corrected chi connectivity index (χ3v) is 4.24. The van der Waals surface area contributed by atoms with Gasteiger partial charge in [-0.2, -0.15) is 8.78 Å². The van der Waals surface area contributed by atoms with Gasteiger partial charge in [0.05, 0.1) is 11.3 Å². The highest BCUT2D eigenvalue weighted by Gasteiger charge is 2.14. The van der Waals surface area contributed by atoms with Gasteiger partial charge in [0.2, 0.25) is 0 Å². The highest BCUT2D eigenvalue weighted by molar-refractivity contribution is 5.97. The number of carbonyl (C=O) groups is 2. The molecule has 0 saturated carbocycles. The van der Waals surface area contributed by atoms with Crippen LogP contribution in [0.4, 0.5) is 18.9 Å². The Bertz CT molecular complexity index is 1070. The molecular weight excluding hydrogens is 425 g/mol. The van der Waals surface area contributed by atoms with Crippen LogP contribution < -0.4 is 20.1 Å². The Morgan fingerprint density at radius 1 is 0.906 bits per heavy atom. The molecule has 3 aromatic rings. The van der Waals surface area contributed by atoms with Crippen LogP contribution in [0.2, 0.25) is 0 Å². The lowest BCUT2D eigenvalue weighted by molar-refractivity contribution is -0.118. The molecule has 0 aliphatic carbocycles. The number of alkyl halides is 2. The van der Waals surface area contributed by atoms with E-state index in [9.17, 15) is 22.8 Å². The van der Waals surface area contributed by atoms with E-state index in [1.54, 1.807) is 30.3 Å². The number of benzene rings is 3. The summed E-state index contributed by atoms with van der Waals surface area (Å²) in [5, 5.41) is 5.09. The van der Waals surface area contributed by atoms with Crippen molar-refractivity contribution in [2.75, 3.05) is 11.9 Å². The maximum absolute atomic E-state index is 13.6. The Kier molecular flexibility index (Phi) is 7.69. The zero-order valence-corrected chi connectivity index (χ0v) is 16.7. The average Bonchev–Trinajstić information content (AvgIpc) is 2.78. The van der Waals surface area contributed by atoms with Crippen molar-refractivity contribution in [3.8, 4) is 11.5 Å². The van der Waals surface area contributed by atoms with Crippen LogP contribution in [0.25, 0.3) is 0 Å². The fraction of sp³-hybridized carbons (Fsp3) is 0.130. The molecule has 0 radical (unpaired) electrons. The van der Waals surface area contributed by atoms with Gasteiger partial charge in [0.1, 0.15) is 17.3 Å². The van der Waals surface area contributed by atoms with Gasteiger partial charge in [-0.25, -0.2) is 4.39 Å². The second kappa shape index (κ2) is 10.9. The largest absolute Gasteiger partial charge is 0.483 e. The van der Waals surface area contributed by atoms with Gasteiger partial charge in [-0.15, -0.1) is 0 Å². The summed E-state index contributed by atoms with van der Waals surface area (Å²) in [6.45, 7) is -3.20. The molecule has 3 aromatic carbocycles. The summed E-state index contributed by atoms with van der Waals surface area (Å²) in [7, 11) is 0.